The molecule has 0 radical (unpaired) electrons. The minimum atomic E-state index is 0.212. The SMILES string of the molecule is CCCSc1nc(Cl)c(N=Nc2ccc(C)cc2)c(Cl)n1. The Labute approximate surface area is 138 Å². The zero-order valence-corrected chi connectivity index (χ0v) is 14.0. The molecular weight excluding hydrogens is 327 g/mol. The molecule has 0 spiro atoms. The number of aryl methyl sites for hydroxylation is 1. The standard InChI is InChI=1S/C14H14Cl2N4S/c1-3-8-21-14-17-12(15)11(13(16)18-14)20-19-10-6-4-9(2)5-7-10/h4-7H,3,8H2,1-2H3. The van der Waals surface area contributed by atoms with Crippen LogP contribution in [0.25, 0.3) is 0 Å². The summed E-state index contributed by atoms with van der Waals surface area (Å²) in [5.41, 5.74) is 2.17. The Morgan fingerprint density at radius 3 is 2.24 bits per heavy atom. The Bertz CT molecular complexity index is 621. The second-order valence-electron chi connectivity index (χ2n) is 4.32. The lowest BCUT2D eigenvalue weighted by Gasteiger charge is -2.03. The average molecular weight is 341 g/mol. The fourth-order valence-electron chi connectivity index (χ4n) is 1.44. The van der Waals surface area contributed by atoms with Crippen molar-refractivity contribution in [3.8, 4) is 0 Å². The zero-order chi connectivity index (χ0) is 15.2. The molecule has 7 heteroatoms. The van der Waals surface area contributed by atoms with Gasteiger partial charge in [-0.2, -0.15) is 5.11 Å². The number of aromatic nitrogens is 2. The van der Waals surface area contributed by atoms with Gasteiger partial charge in [0.05, 0.1) is 5.69 Å². The number of azo groups is 1. The van der Waals surface area contributed by atoms with Crippen LogP contribution in [0.2, 0.25) is 10.3 Å². The van der Waals surface area contributed by atoms with Crippen LogP contribution < -0.4 is 0 Å². The van der Waals surface area contributed by atoms with Crippen molar-refractivity contribution in [1.82, 2.24) is 9.97 Å². The van der Waals surface area contributed by atoms with Gasteiger partial charge in [-0.05, 0) is 25.5 Å². The third-order valence-electron chi connectivity index (χ3n) is 2.51. The minimum absolute atomic E-state index is 0.212. The highest BCUT2D eigenvalue weighted by Gasteiger charge is 2.11. The molecule has 1 heterocycles. The summed E-state index contributed by atoms with van der Waals surface area (Å²) in [6, 6.07) is 7.65. The molecule has 0 saturated heterocycles. The fraction of sp³-hybridized carbons (Fsp3) is 0.286. The molecule has 21 heavy (non-hydrogen) atoms. The lowest BCUT2D eigenvalue weighted by Crippen LogP contribution is -1.90. The van der Waals surface area contributed by atoms with Crippen molar-refractivity contribution in [3.05, 3.63) is 40.1 Å². The van der Waals surface area contributed by atoms with E-state index in [1.54, 1.807) is 0 Å². The summed E-state index contributed by atoms with van der Waals surface area (Å²) in [7, 11) is 0. The molecule has 0 aliphatic heterocycles. The third-order valence-corrected chi connectivity index (χ3v) is 4.09. The van der Waals surface area contributed by atoms with Gasteiger partial charge in [0.15, 0.2) is 21.2 Å². The summed E-state index contributed by atoms with van der Waals surface area (Å²) < 4.78 is 0. The molecule has 0 saturated carbocycles. The first-order chi connectivity index (χ1) is 10.1. The van der Waals surface area contributed by atoms with Gasteiger partial charge in [0, 0.05) is 5.75 Å². The first-order valence-corrected chi connectivity index (χ1v) is 8.18. The van der Waals surface area contributed by atoms with Crippen molar-refractivity contribution in [2.45, 2.75) is 25.4 Å². The van der Waals surface area contributed by atoms with E-state index < -0.39 is 0 Å². The minimum Gasteiger partial charge on any atom is -0.208 e. The largest absolute Gasteiger partial charge is 0.208 e. The number of hydrogen-bond acceptors (Lipinski definition) is 5. The number of benzene rings is 1. The van der Waals surface area contributed by atoms with E-state index in [4.69, 9.17) is 23.2 Å². The Morgan fingerprint density at radius 2 is 1.67 bits per heavy atom. The van der Waals surface area contributed by atoms with Crippen molar-refractivity contribution in [3.63, 3.8) is 0 Å². The highest BCUT2D eigenvalue weighted by atomic mass is 35.5. The van der Waals surface area contributed by atoms with Gasteiger partial charge >= 0.3 is 0 Å². The Kier molecular flexibility index (Phi) is 5.96. The number of thioether (sulfide) groups is 1. The molecule has 0 N–H and O–H groups in total. The van der Waals surface area contributed by atoms with E-state index >= 15 is 0 Å². The second-order valence-corrected chi connectivity index (χ2v) is 6.10. The van der Waals surface area contributed by atoms with E-state index in [0.29, 0.717) is 10.8 Å². The van der Waals surface area contributed by atoms with Crippen LogP contribution in [0.1, 0.15) is 18.9 Å². The van der Waals surface area contributed by atoms with Crippen LogP contribution in [0.15, 0.2) is 39.7 Å². The molecule has 1 aromatic heterocycles. The number of rotatable bonds is 5. The van der Waals surface area contributed by atoms with Gasteiger partial charge in [-0.3, -0.25) is 0 Å². The zero-order valence-electron chi connectivity index (χ0n) is 11.7. The van der Waals surface area contributed by atoms with E-state index in [-0.39, 0.29) is 10.3 Å². The Morgan fingerprint density at radius 1 is 1.05 bits per heavy atom. The summed E-state index contributed by atoms with van der Waals surface area (Å²) in [6.45, 7) is 4.09. The van der Waals surface area contributed by atoms with Gasteiger partial charge in [-0.1, -0.05) is 59.6 Å². The molecule has 0 bridgehead atoms. The predicted octanol–water partition coefficient (Wildman–Crippen LogP) is 6.01. The Balaban J connectivity index is 2.21. The monoisotopic (exact) mass is 340 g/mol. The average Bonchev–Trinajstić information content (AvgIpc) is 2.46. The van der Waals surface area contributed by atoms with Crippen LogP contribution in [0.5, 0.6) is 0 Å². The molecule has 0 aliphatic carbocycles. The van der Waals surface area contributed by atoms with Gasteiger partial charge in [-0.25, -0.2) is 9.97 Å². The number of nitrogens with zero attached hydrogens (tertiary/aromatic N) is 4. The van der Waals surface area contributed by atoms with Crippen LogP contribution >= 0.6 is 35.0 Å². The van der Waals surface area contributed by atoms with Gasteiger partial charge in [-0.15, -0.1) is 5.11 Å². The molecule has 1 aromatic carbocycles. The molecule has 0 unspecified atom stereocenters. The van der Waals surface area contributed by atoms with E-state index in [0.717, 1.165) is 23.4 Å². The van der Waals surface area contributed by atoms with Gasteiger partial charge in [0.1, 0.15) is 0 Å². The molecule has 2 rings (SSSR count). The van der Waals surface area contributed by atoms with Crippen molar-refractivity contribution >= 4 is 46.3 Å². The molecule has 110 valence electrons. The van der Waals surface area contributed by atoms with Crippen LogP contribution in [-0.2, 0) is 0 Å². The molecule has 2 aromatic rings. The molecule has 0 aliphatic rings. The van der Waals surface area contributed by atoms with Crippen LogP contribution in [0.4, 0.5) is 11.4 Å². The van der Waals surface area contributed by atoms with Crippen molar-refractivity contribution < 1.29 is 0 Å². The van der Waals surface area contributed by atoms with E-state index in [2.05, 4.69) is 27.1 Å². The summed E-state index contributed by atoms with van der Waals surface area (Å²) in [6.07, 6.45) is 1.03. The predicted molar refractivity (Wildman–Crippen MR) is 88.4 cm³/mol. The lowest BCUT2D eigenvalue weighted by atomic mass is 10.2. The normalized spacial score (nSPS) is 11.2. The van der Waals surface area contributed by atoms with E-state index in [1.165, 1.54) is 11.8 Å². The quantitative estimate of drug-likeness (QED) is 0.290. The first kappa shape index (κ1) is 16.2. The number of hydrogen-bond donors (Lipinski definition) is 0. The van der Waals surface area contributed by atoms with Crippen molar-refractivity contribution in [1.29, 1.82) is 0 Å². The topological polar surface area (TPSA) is 50.5 Å². The van der Waals surface area contributed by atoms with Crippen LogP contribution in [0, 0.1) is 6.92 Å². The lowest BCUT2D eigenvalue weighted by molar-refractivity contribution is 0.955. The first-order valence-electron chi connectivity index (χ1n) is 6.44. The van der Waals surface area contributed by atoms with E-state index in [9.17, 15) is 0 Å². The maximum atomic E-state index is 6.10. The molecule has 0 fully saturated rings. The highest BCUT2D eigenvalue weighted by Crippen LogP contribution is 2.33. The molecule has 0 atom stereocenters. The summed E-state index contributed by atoms with van der Waals surface area (Å²) in [5.74, 6) is 0.914. The fourth-order valence-corrected chi connectivity index (χ4v) is 2.71. The smallest absolute Gasteiger partial charge is 0.190 e. The second kappa shape index (κ2) is 7.73. The maximum absolute atomic E-state index is 6.10. The van der Waals surface area contributed by atoms with Crippen LogP contribution in [0.3, 0.4) is 0 Å². The molecule has 4 nitrogen and oxygen atoms in total. The number of halogens is 2. The van der Waals surface area contributed by atoms with E-state index in [1.807, 2.05) is 31.2 Å². The highest BCUT2D eigenvalue weighted by molar-refractivity contribution is 7.99. The summed E-state index contributed by atoms with van der Waals surface area (Å²) >= 11 is 13.7. The van der Waals surface area contributed by atoms with Crippen molar-refractivity contribution in [2.75, 3.05) is 5.75 Å². The summed E-state index contributed by atoms with van der Waals surface area (Å²) in [5, 5.41) is 9.14. The van der Waals surface area contributed by atoms with Gasteiger partial charge in [0.25, 0.3) is 0 Å². The molecular formula is C14H14Cl2N4S. The Hall–Kier alpha value is -1.17. The van der Waals surface area contributed by atoms with Crippen LogP contribution in [-0.4, -0.2) is 15.7 Å². The van der Waals surface area contributed by atoms with Gasteiger partial charge < -0.3 is 0 Å². The molecule has 0 amide bonds. The summed E-state index contributed by atoms with van der Waals surface area (Å²) in [4.78, 5) is 8.35. The van der Waals surface area contributed by atoms with Gasteiger partial charge in [0.2, 0.25) is 0 Å². The maximum Gasteiger partial charge on any atom is 0.190 e. The van der Waals surface area contributed by atoms with Crippen molar-refractivity contribution in [2.24, 2.45) is 10.2 Å². The third kappa shape index (κ3) is 4.66.